The fourth-order valence-electron chi connectivity index (χ4n) is 2.91. The summed E-state index contributed by atoms with van der Waals surface area (Å²) in [5.74, 6) is -0.282. The van der Waals surface area contributed by atoms with Gasteiger partial charge in [0.25, 0.3) is 5.91 Å². The molecule has 1 heterocycles. The lowest BCUT2D eigenvalue weighted by Gasteiger charge is -2.22. The summed E-state index contributed by atoms with van der Waals surface area (Å²) in [5.41, 5.74) is 2.05. The molecule has 1 N–H and O–H groups in total. The first-order valence-electron chi connectivity index (χ1n) is 9.00. The van der Waals surface area contributed by atoms with Gasteiger partial charge < -0.3 is 14.7 Å². The Balaban J connectivity index is 1.78. The summed E-state index contributed by atoms with van der Waals surface area (Å²) in [4.78, 5) is 25.0. The van der Waals surface area contributed by atoms with E-state index in [1.807, 2.05) is 10.7 Å². The zero-order valence-electron chi connectivity index (χ0n) is 16.1. The normalized spacial score (nSPS) is 14.1. The van der Waals surface area contributed by atoms with Crippen molar-refractivity contribution in [2.24, 2.45) is 0 Å². The van der Waals surface area contributed by atoms with Crippen molar-refractivity contribution in [2.75, 3.05) is 18.6 Å². The molecule has 1 amide bonds. The molecule has 1 fully saturated rings. The van der Waals surface area contributed by atoms with Crippen LogP contribution < -0.4 is 9.64 Å². The monoisotopic (exact) mass is 371 g/mol. The van der Waals surface area contributed by atoms with Gasteiger partial charge in [-0.15, -0.1) is 0 Å². The van der Waals surface area contributed by atoms with E-state index in [4.69, 9.17) is 9.84 Å². The summed E-state index contributed by atoms with van der Waals surface area (Å²) < 4.78 is 7.09. The third-order valence-corrected chi connectivity index (χ3v) is 4.48. The number of nitrogens with zero attached hydrogens (tertiary/aromatic N) is 3. The van der Waals surface area contributed by atoms with Gasteiger partial charge in [-0.3, -0.25) is 9.48 Å². The van der Waals surface area contributed by atoms with Crippen molar-refractivity contribution in [2.45, 2.75) is 45.1 Å². The molecular formula is C20H25N3O4. The molecule has 1 aromatic heterocycles. The van der Waals surface area contributed by atoms with Crippen LogP contribution in [0.25, 0.3) is 0 Å². The largest absolute Gasteiger partial charge is 0.482 e. The molecule has 3 rings (SSSR count). The Morgan fingerprint density at radius 3 is 2.41 bits per heavy atom. The smallest absolute Gasteiger partial charge is 0.341 e. The van der Waals surface area contributed by atoms with Crippen LogP contribution in [0.2, 0.25) is 0 Å². The lowest BCUT2D eigenvalue weighted by atomic mass is 10.1. The molecule has 2 aromatic rings. The molecule has 27 heavy (non-hydrogen) atoms. The van der Waals surface area contributed by atoms with Crippen LogP contribution in [-0.2, 0) is 10.3 Å². The van der Waals surface area contributed by atoms with E-state index in [2.05, 4.69) is 25.9 Å². The van der Waals surface area contributed by atoms with Gasteiger partial charge in [-0.1, -0.05) is 0 Å². The molecular weight excluding hydrogens is 346 g/mol. The average molecular weight is 371 g/mol. The molecule has 7 nitrogen and oxygen atoms in total. The number of rotatable bonds is 6. The molecule has 1 aliphatic carbocycles. The highest BCUT2D eigenvalue weighted by atomic mass is 16.5. The highest BCUT2D eigenvalue weighted by molar-refractivity contribution is 6.04. The highest BCUT2D eigenvalue weighted by Crippen LogP contribution is 2.41. The SMILES string of the molecule is CN(C(=O)c1cc(C2CC2)n(C(C)(C)C)n1)c1ccc(OCC(=O)O)cc1. The standard InChI is InChI=1S/C20H25N3O4/c1-20(2,3)23-17(13-5-6-13)11-16(21-23)19(26)22(4)14-7-9-15(10-8-14)27-12-18(24)25/h7-11,13H,5-6,12H2,1-4H3,(H,24,25). The molecule has 1 aromatic carbocycles. The van der Waals surface area contributed by atoms with Gasteiger partial charge in [-0.05, 0) is 63.9 Å². The molecule has 1 saturated carbocycles. The van der Waals surface area contributed by atoms with Crippen molar-refractivity contribution in [1.82, 2.24) is 9.78 Å². The first-order chi connectivity index (χ1) is 12.7. The summed E-state index contributed by atoms with van der Waals surface area (Å²) in [6, 6.07) is 8.64. The number of carbonyl (C=O) groups excluding carboxylic acids is 1. The molecule has 0 radical (unpaired) electrons. The van der Waals surface area contributed by atoms with Crippen LogP contribution in [0.3, 0.4) is 0 Å². The molecule has 0 atom stereocenters. The lowest BCUT2D eigenvalue weighted by molar-refractivity contribution is -0.139. The van der Waals surface area contributed by atoms with Crippen LogP contribution in [0.5, 0.6) is 5.75 Å². The Morgan fingerprint density at radius 2 is 1.89 bits per heavy atom. The molecule has 0 bridgehead atoms. The molecule has 144 valence electrons. The van der Waals surface area contributed by atoms with Crippen LogP contribution in [-0.4, -0.2) is 40.4 Å². The van der Waals surface area contributed by atoms with Gasteiger partial charge in [0.2, 0.25) is 0 Å². The first-order valence-corrected chi connectivity index (χ1v) is 9.00. The van der Waals surface area contributed by atoms with Crippen molar-refractivity contribution < 1.29 is 19.4 Å². The maximum absolute atomic E-state index is 12.9. The number of hydrogen-bond acceptors (Lipinski definition) is 4. The minimum Gasteiger partial charge on any atom is -0.482 e. The Morgan fingerprint density at radius 1 is 1.26 bits per heavy atom. The predicted molar refractivity (Wildman–Crippen MR) is 102 cm³/mol. The van der Waals surface area contributed by atoms with Crippen LogP contribution >= 0.6 is 0 Å². The van der Waals surface area contributed by atoms with Gasteiger partial charge in [0.05, 0.1) is 5.54 Å². The third kappa shape index (κ3) is 4.30. The molecule has 0 aliphatic heterocycles. The first kappa shape index (κ1) is 18.9. The van der Waals surface area contributed by atoms with Crippen LogP contribution in [0.15, 0.2) is 30.3 Å². The Labute approximate surface area is 158 Å². The van der Waals surface area contributed by atoms with Crippen molar-refractivity contribution in [3.05, 3.63) is 41.7 Å². The number of benzene rings is 1. The van der Waals surface area contributed by atoms with Crippen LogP contribution in [0.1, 0.15) is 55.7 Å². The lowest BCUT2D eigenvalue weighted by Crippen LogP contribution is -2.28. The van der Waals surface area contributed by atoms with E-state index in [1.165, 1.54) is 4.90 Å². The molecule has 1 aliphatic rings. The van der Waals surface area contributed by atoms with Gasteiger partial charge in [0.1, 0.15) is 5.75 Å². The van der Waals surface area contributed by atoms with E-state index >= 15 is 0 Å². The van der Waals surface area contributed by atoms with Gasteiger partial charge in [-0.25, -0.2) is 4.79 Å². The number of ether oxygens (including phenoxy) is 1. The van der Waals surface area contributed by atoms with E-state index in [1.54, 1.807) is 31.3 Å². The zero-order chi connectivity index (χ0) is 19.8. The minimum atomic E-state index is -1.03. The number of aromatic nitrogens is 2. The number of aliphatic carboxylic acids is 1. The van der Waals surface area contributed by atoms with Gasteiger partial charge in [-0.2, -0.15) is 5.10 Å². The fraction of sp³-hybridized carbons (Fsp3) is 0.450. The van der Waals surface area contributed by atoms with Crippen LogP contribution in [0.4, 0.5) is 5.69 Å². The summed E-state index contributed by atoms with van der Waals surface area (Å²) in [6.07, 6.45) is 2.28. The number of carbonyl (C=O) groups is 2. The molecule has 0 unspecified atom stereocenters. The summed E-state index contributed by atoms with van der Waals surface area (Å²) in [7, 11) is 1.70. The van der Waals surface area contributed by atoms with Crippen molar-refractivity contribution in [1.29, 1.82) is 0 Å². The van der Waals surface area contributed by atoms with Crippen molar-refractivity contribution in [3.8, 4) is 5.75 Å². The van der Waals surface area contributed by atoms with E-state index in [0.717, 1.165) is 18.5 Å². The summed E-state index contributed by atoms with van der Waals surface area (Å²) >= 11 is 0. The van der Waals surface area contributed by atoms with Gasteiger partial charge in [0, 0.05) is 24.3 Å². The van der Waals surface area contributed by atoms with E-state index < -0.39 is 12.6 Å². The number of hydrogen-bond donors (Lipinski definition) is 1. The second-order valence-electron chi connectivity index (χ2n) is 7.85. The maximum atomic E-state index is 12.9. The maximum Gasteiger partial charge on any atom is 0.341 e. The molecule has 7 heteroatoms. The van der Waals surface area contributed by atoms with Crippen molar-refractivity contribution >= 4 is 17.6 Å². The number of anilines is 1. The quantitative estimate of drug-likeness (QED) is 0.842. The predicted octanol–water partition coefficient (Wildman–Crippen LogP) is 3.26. The highest BCUT2D eigenvalue weighted by Gasteiger charge is 2.33. The second kappa shape index (κ2) is 7.06. The average Bonchev–Trinajstić information content (AvgIpc) is 3.36. The Bertz CT molecular complexity index is 845. The van der Waals surface area contributed by atoms with E-state index in [0.29, 0.717) is 23.0 Å². The topological polar surface area (TPSA) is 84.7 Å². The van der Waals surface area contributed by atoms with E-state index in [-0.39, 0.29) is 11.4 Å². The Kier molecular flexibility index (Phi) is 4.95. The van der Waals surface area contributed by atoms with E-state index in [9.17, 15) is 9.59 Å². The second-order valence-corrected chi connectivity index (χ2v) is 7.85. The van der Waals surface area contributed by atoms with Gasteiger partial charge in [0.15, 0.2) is 12.3 Å². The van der Waals surface area contributed by atoms with Gasteiger partial charge >= 0.3 is 5.97 Å². The summed E-state index contributed by atoms with van der Waals surface area (Å²) in [5, 5.41) is 13.2. The number of amides is 1. The minimum absolute atomic E-state index is 0.181. The molecule has 0 spiro atoms. The Hall–Kier alpha value is -2.83. The number of carboxylic acids is 1. The molecule has 0 saturated heterocycles. The fourth-order valence-corrected chi connectivity index (χ4v) is 2.91. The zero-order valence-corrected chi connectivity index (χ0v) is 16.1. The van der Waals surface area contributed by atoms with Crippen molar-refractivity contribution in [3.63, 3.8) is 0 Å². The summed E-state index contributed by atoms with van der Waals surface area (Å²) in [6.45, 7) is 5.85. The number of carboxylic acid groups (broad SMARTS) is 1. The van der Waals surface area contributed by atoms with Crippen LogP contribution in [0, 0.1) is 0 Å². The third-order valence-electron chi connectivity index (χ3n) is 4.48.